The molecular weight excluding hydrogens is 176 g/mol. The Morgan fingerprint density at radius 3 is 3.00 bits per heavy atom. The highest BCUT2D eigenvalue weighted by Gasteiger charge is 2.23. The summed E-state index contributed by atoms with van der Waals surface area (Å²) in [7, 11) is 1.60. The summed E-state index contributed by atoms with van der Waals surface area (Å²) in [6, 6.07) is 0. The van der Waals surface area contributed by atoms with Crippen LogP contribution in [0.25, 0.3) is 0 Å². The molecule has 0 saturated carbocycles. The van der Waals surface area contributed by atoms with E-state index in [0.29, 0.717) is 26.2 Å². The van der Waals surface area contributed by atoms with Crippen molar-refractivity contribution in [1.29, 1.82) is 0 Å². The molecular formula is C8H14O5. The fourth-order valence-electron chi connectivity index (χ4n) is 0.942. The number of ether oxygens (including phenoxy) is 4. The minimum atomic E-state index is -0.207. The first-order valence-electron chi connectivity index (χ1n) is 4.17. The van der Waals surface area contributed by atoms with Crippen molar-refractivity contribution in [1.82, 2.24) is 0 Å². The molecule has 1 fully saturated rings. The Kier molecular flexibility index (Phi) is 4.74. The summed E-state index contributed by atoms with van der Waals surface area (Å²) in [6.45, 7) is 1.57. The zero-order chi connectivity index (χ0) is 9.52. The minimum absolute atomic E-state index is 0.143. The zero-order valence-corrected chi connectivity index (χ0v) is 7.65. The average molecular weight is 190 g/mol. The van der Waals surface area contributed by atoms with E-state index >= 15 is 0 Å². The molecule has 5 heteroatoms. The summed E-state index contributed by atoms with van der Waals surface area (Å²) in [5.74, 6) is -0.207. The minimum Gasteiger partial charge on any atom is -0.463 e. The van der Waals surface area contributed by atoms with E-state index in [4.69, 9.17) is 18.9 Å². The van der Waals surface area contributed by atoms with Crippen LogP contribution in [0.4, 0.5) is 0 Å². The van der Waals surface area contributed by atoms with E-state index in [2.05, 4.69) is 0 Å². The molecule has 0 N–H and O–H groups in total. The van der Waals surface area contributed by atoms with Gasteiger partial charge >= 0.3 is 5.97 Å². The Morgan fingerprint density at radius 1 is 1.54 bits per heavy atom. The number of rotatable bonds is 6. The molecule has 0 aliphatic carbocycles. The van der Waals surface area contributed by atoms with E-state index in [0.717, 1.165) is 0 Å². The molecule has 0 radical (unpaired) electrons. The number of hydrogen-bond acceptors (Lipinski definition) is 5. The predicted molar refractivity (Wildman–Crippen MR) is 43.1 cm³/mol. The maximum absolute atomic E-state index is 10.6. The monoisotopic (exact) mass is 190 g/mol. The fraction of sp³-hybridized carbons (Fsp3) is 0.875. The second kappa shape index (κ2) is 5.90. The van der Waals surface area contributed by atoms with Crippen LogP contribution in [0.2, 0.25) is 0 Å². The van der Waals surface area contributed by atoms with Crippen LogP contribution in [0, 0.1) is 0 Å². The van der Waals surface area contributed by atoms with Crippen LogP contribution in [0.5, 0.6) is 0 Å². The van der Waals surface area contributed by atoms with Crippen molar-refractivity contribution < 1.29 is 23.7 Å². The quantitative estimate of drug-likeness (QED) is 0.333. The van der Waals surface area contributed by atoms with Gasteiger partial charge in [0.25, 0.3) is 0 Å². The molecule has 0 aromatic rings. The van der Waals surface area contributed by atoms with Gasteiger partial charge in [0, 0.05) is 7.11 Å². The molecule has 1 atom stereocenters. The Morgan fingerprint density at radius 2 is 2.38 bits per heavy atom. The van der Waals surface area contributed by atoms with Gasteiger partial charge in [-0.25, -0.2) is 0 Å². The topological polar surface area (TPSA) is 54.0 Å². The van der Waals surface area contributed by atoms with Crippen molar-refractivity contribution in [2.75, 3.05) is 33.7 Å². The first kappa shape index (κ1) is 10.4. The van der Waals surface area contributed by atoms with Crippen molar-refractivity contribution in [2.45, 2.75) is 12.5 Å². The number of carbonyl (C=O) groups excluding carboxylic acids is 1. The van der Waals surface area contributed by atoms with Gasteiger partial charge in [0.05, 0.1) is 19.6 Å². The molecule has 0 aromatic carbocycles. The molecule has 1 aliphatic heterocycles. The van der Waals surface area contributed by atoms with E-state index in [-0.39, 0.29) is 18.9 Å². The van der Waals surface area contributed by atoms with Crippen LogP contribution in [-0.2, 0) is 23.7 Å². The maximum Gasteiger partial charge on any atom is 0.308 e. The first-order chi connectivity index (χ1) is 6.33. The third-order valence-corrected chi connectivity index (χ3v) is 1.64. The summed E-state index contributed by atoms with van der Waals surface area (Å²) in [5.41, 5.74) is 0. The van der Waals surface area contributed by atoms with Crippen LogP contribution < -0.4 is 0 Å². The lowest BCUT2D eigenvalue weighted by molar-refractivity contribution is -0.137. The number of methoxy groups -OCH3 is 1. The normalized spacial score (nSPS) is 21.9. The predicted octanol–water partition coefficient (Wildman–Crippen LogP) is -0.0610. The largest absolute Gasteiger partial charge is 0.463 e. The van der Waals surface area contributed by atoms with E-state index in [9.17, 15) is 4.79 Å². The molecule has 1 heterocycles. The average Bonchev–Trinajstić information content (AvgIpc) is 2.51. The summed E-state index contributed by atoms with van der Waals surface area (Å²) in [4.78, 5) is 10.6. The third-order valence-electron chi connectivity index (χ3n) is 1.64. The molecule has 5 nitrogen and oxygen atoms in total. The first-order valence-corrected chi connectivity index (χ1v) is 4.17. The highest BCUT2D eigenvalue weighted by atomic mass is 16.7. The molecule has 0 unspecified atom stereocenters. The second-order valence-corrected chi connectivity index (χ2v) is 2.69. The standard InChI is InChI=1S/C8H14O5/c1-10-2-3-11-6-13-7-4-8(9)12-5-7/h7H,2-6H2,1H3/t7-/m0/s1. The molecule has 1 saturated heterocycles. The van der Waals surface area contributed by atoms with Crippen LogP contribution >= 0.6 is 0 Å². The van der Waals surface area contributed by atoms with Crippen molar-refractivity contribution in [3.63, 3.8) is 0 Å². The second-order valence-electron chi connectivity index (χ2n) is 2.69. The lowest BCUT2D eigenvalue weighted by Crippen LogP contribution is -2.16. The van der Waals surface area contributed by atoms with Crippen molar-refractivity contribution in [3.8, 4) is 0 Å². The van der Waals surface area contributed by atoms with E-state index < -0.39 is 0 Å². The molecule has 0 aromatic heterocycles. The molecule has 1 rings (SSSR count). The smallest absolute Gasteiger partial charge is 0.308 e. The SMILES string of the molecule is COCCOCO[C@@H]1COC(=O)C1. The number of esters is 1. The molecule has 0 spiro atoms. The van der Waals surface area contributed by atoms with Crippen LogP contribution in [0.15, 0.2) is 0 Å². The number of carbonyl (C=O) groups is 1. The van der Waals surface area contributed by atoms with Gasteiger partial charge in [0.15, 0.2) is 0 Å². The lowest BCUT2D eigenvalue weighted by atomic mass is 10.3. The van der Waals surface area contributed by atoms with Gasteiger partial charge in [-0.15, -0.1) is 0 Å². The molecule has 13 heavy (non-hydrogen) atoms. The number of cyclic esters (lactones) is 1. The Balaban J connectivity index is 1.91. The van der Waals surface area contributed by atoms with Gasteiger partial charge in [-0.3, -0.25) is 4.79 Å². The Labute approximate surface area is 76.9 Å². The van der Waals surface area contributed by atoms with Gasteiger partial charge in [-0.05, 0) is 0 Å². The van der Waals surface area contributed by atoms with Crippen LogP contribution in [0.1, 0.15) is 6.42 Å². The Hall–Kier alpha value is -0.650. The summed E-state index contributed by atoms with van der Waals surface area (Å²) >= 11 is 0. The molecule has 0 bridgehead atoms. The number of hydrogen-bond donors (Lipinski definition) is 0. The fourth-order valence-corrected chi connectivity index (χ4v) is 0.942. The van der Waals surface area contributed by atoms with E-state index in [1.54, 1.807) is 7.11 Å². The van der Waals surface area contributed by atoms with Crippen LogP contribution in [-0.4, -0.2) is 45.8 Å². The van der Waals surface area contributed by atoms with Gasteiger partial charge < -0.3 is 18.9 Å². The maximum atomic E-state index is 10.6. The van der Waals surface area contributed by atoms with E-state index in [1.807, 2.05) is 0 Å². The van der Waals surface area contributed by atoms with Gasteiger partial charge in [0.1, 0.15) is 19.5 Å². The van der Waals surface area contributed by atoms with E-state index in [1.165, 1.54) is 0 Å². The van der Waals surface area contributed by atoms with Crippen LogP contribution in [0.3, 0.4) is 0 Å². The highest BCUT2D eigenvalue weighted by Crippen LogP contribution is 2.09. The van der Waals surface area contributed by atoms with Crippen molar-refractivity contribution >= 4 is 5.97 Å². The molecule has 0 amide bonds. The summed E-state index contributed by atoms with van der Waals surface area (Å²) in [6.07, 6.45) is 0.184. The third kappa shape index (κ3) is 4.21. The lowest BCUT2D eigenvalue weighted by Gasteiger charge is -2.08. The molecule has 76 valence electrons. The Bertz CT molecular complexity index is 159. The van der Waals surface area contributed by atoms with Gasteiger partial charge in [0.2, 0.25) is 0 Å². The van der Waals surface area contributed by atoms with Gasteiger partial charge in [-0.1, -0.05) is 0 Å². The summed E-state index contributed by atoms with van der Waals surface area (Å²) in [5, 5.41) is 0. The molecule has 1 aliphatic rings. The zero-order valence-electron chi connectivity index (χ0n) is 7.65. The van der Waals surface area contributed by atoms with Crippen molar-refractivity contribution in [3.05, 3.63) is 0 Å². The van der Waals surface area contributed by atoms with Gasteiger partial charge in [-0.2, -0.15) is 0 Å². The highest BCUT2D eigenvalue weighted by molar-refractivity contribution is 5.71. The van der Waals surface area contributed by atoms with Crippen molar-refractivity contribution in [2.24, 2.45) is 0 Å². The summed E-state index contributed by atoms with van der Waals surface area (Å²) < 4.78 is 19.7.